The van der Waals surface area contributed by atoms with E-state index >= 15 is 0 Å². The molecule has 2 atom stereocenters. The molecule has 0 bridgehead atoms. The highest BCUT2D eigenvalue weighted by atomic mass is 16.4. The zero-order chi connectivity index (χ0) is 16.7. The van der Waals surface area contributed by atoms with Crippen molar-refractivity contribution in [1.29, 1.82) is 0 Å². The standard InChI is InChI=1S/C15H27N3O4/c1-4-5-6-12(15(21)22)16-14(20)11-9-13(19)18(10-11)8-7-17(2)3/h11-12H,4-10H2,1-3H3,(H,16,20)(H,21,22)/t11?,12-/m0/s1. The maximum atomic E-state index is 12.2. The molecule has 0 radical (unpaired) electrons. The predicted molar refractivity (Wildman–Crippen MR) is 82.3 cm³/mol. The Morgan fingerprint density at radius 1 is 1.45 bits per heavy atom. The minimum absolute atomic E-state index is 0.0394. The van der Waals surface area contributed by atoms with Gasteiger partial charge in [0, 0.05) is 26.1 Å². The summed E-state index contributed by atoms with van der Waals surface area (Å²) in [6.07, 6.45) is 2.21. The average molecular weight is 313 g/mol. The summed E-state index contributed by atoms with van der Waals surface area (Å²) in [7, 11) is 3.85. The maximum absolute atomic E-state index is 12.2. The van der Waals surface area contributed by atoms with Gasteiger partial charge in [-0.2, -0.15) is 0 Å². The zero-order valence-electron chi connectivity index (χ0n) is 13.7. The Hall–Kier alpha value is -1.63. The van der Waals surface area contributed by atoms with Gasteiger partial charge in [0.05, 0.1) is 5.92 Å². The summed E-state index contributed by atoms with van der Waals surface area (Å²) >= 11 is 0. The number of carboxylic acids is 1. The molecule has 0 aromatic carbocycles. The van der Waals surface area contributed by atoms with Gasteiger partial charge < -0.3 is 20.2 Å². The lowest BCUT2D eigenvalue weighted by atomic mass is 10.1. The van der Waals surface area contributed by atoms with Crippen LogP contribution in [0.3, 0.4) is 0 Å². The molecule has 1 saturated heterocycles. The topological polar surface area (TPSA) is 90.0 Å². The summed E-state index contributed by atoms with van der Waals surface area (Å²) in [5, 5.41) is 11.7. The number of likely N-dealkylation sites (N-methyl/N-ethyl adjacent to an activating group) is 1. The molecule has 7 heteroatoms. The van der Waals surface area contributed by atoms with Gasteiger partial charge in [0.25, 0.3) is 0 Å². The van der Waals surface area contributed by atoms with Crippen LogP contribution in [0.25, 0.3) is 0 Å². The van der Waals surface area contributed by atoms with E-state index in [1.54, 1.807) is 4.90 Å². The number of carboxylic acid groups (broad SMARTS) is 1. The van der Waals surface area contributed by atoms with Crippen molar-refractivity contribution >= 4 is 17.8 Å². The summed E-state index contributed by atoms with van der Waals surface area (Å²) in [6.45, 7) is 3.68. The number of carbonyl (C=O) groups is 3. The number of hydrogen-bond acceptors (Lipinski definition) is 4. The van der Waals surface area contributed by atoms with Crippen molar-refractivity contribution in [3.63, 3.8) is 0 Å². The van der Waals surface area contributed by atoms with Crippen LogP contribution in [-0.4, -0.2) is 72.5 Å². The quantitative estimate of drug-likeness (QED) is 0.633. The van der Waals surface area contributed by atoms with Crippen LogP contribution in [0, 0.1) is 5.92 Å². The van der Waals surface area contributed by atoms with Gasteiger partial charge in [-0.3, -0.25) is 9.59 Å². The number of likely N-dealkylation sites (tertiary alicyclic amines) is 1. The molecule has 1 heterocycles. The Balaban J connectivity index is 2.51. The Bertz CT molecular complexity index is 412. The van der Waals surface area contributed by atoms with E-state index in [0.29, 0.717) is 19.5 Å². The maximum Gasteiger partial charge on any atom is 0.326 e. The number of nitrogens with zero attached hydrogens (tertiary/aromatic N) is 2. The lowest BCUT2D eigenvalue weighted by molar-refractivity contribution is -0.142. The van der Waals surface area contributed by atoms with Crippen LogP contribution in [0.4, 0.5) is 0 Å². The molecular weight excluding hydrogens is 286 g/mol. The van der Waals surface area contributed by atoms with Crippen molar-refractivity contribution in [3.8, 4) is 0 Å². The van der Waals surface area contributed by atoms with Gasteiger partial charge in [0.1, 0.15) is 6.04 Å². The first kappa shape index (κ1) is 18.4. The molecular formula is C15H27N3O4. The number of amides is 2. The molecule has 126 valence electrons. The molecule has 1 unspecified atom stereocenters. The van der Waals surface area contributed by atoms with Crippen LogP contribution in [0.5, 0.6) is 0 Å². The smallest absolute Gasteiger partial charge is 0.326 e. The Kier molecular flexibility index (Phi) is 7.31. The van der Waals surface area contributed by atoms with Crippen LogP contribution >= 0.6 is 0 Å². The van der Waals surface area contributed by atoms with E-state index < -0.39 is 17.9 Å². The molecule has 0 aromatic heterocycles. The summed E-state index contributed by atoms with van der Waals surface area (Å²) in [5.41, 5.74) is 0. The molecule has 0 aliphatic carbocycles. The molecule has 1 aliphatic rings. The number of aliphatic carboxylic acids is 1. The Morgan fingerprint density at radius 2 is 2.14 bits per heavy atom. The third-order valence-corrected chi connectivity index (χ3v) is 3.86. The number of hydrogen-bond donors (Lipinski definition) is 2. The van der Waals surface area contributed by atoms with Crippen molar-refractivity contribution < 1.29 is 19.5 Å². The summed E-state index contributed by atoms with van der Waals surface area (Å²) < 4.78 is 0. The van der Waals surface area contributed by atoms with E-state index in [4.69, 9.17) is 5.11 Å². The van der Waals surface area contributed by atoms with E-state index in [-0.39, 0.29) is 18.2 Å². The van der Waals surface area contributed by atoms with Crippen molar-refractivity contribution in [2.24, 2.45) is 5.92 Å². The largest absolute Gasteiger partial charge is 0.480 e. The highest BCUT2D eigenvalue weighted by molar-refractivity contribution is 5.91. The fraction of sp³-hybridized carbons (Fsp3) is 0.800. The van der Waals surface area contributed by atoms with Crippen molar-refractivity contribution in [1.82, 2.24) is 15.1 Å². The normalized spacial score (nSPS) is 19.5. The van der Waals surface area contributed by atoms with E-state index in [1.807, 2.05) is 25.9 Å². The van der Waals surface area contributed by atoms with Gasteiger partial charge in [0.2, 0.25) is 11.8 Å². The second-order valence-corrected chi connectivity index (χ2v) is 6.09. The second kappa shape index (κ2) is 8.73. The first-order valence-corrected chi connectivity index (χ1v) is 7.80. The number of rotatable bonds is 9. The average Bonchev–Trinajstić information content (AvgIpc) is 2.82. The number of nitrogens with one attached hydrogen (secondary N) is 1. The van der Waals surface area contributed by atoms with Crippen molar-refractivity contribution in [3.05, 3.63) is 0 Å². The molecule has 0 saturated carbocycles. The van der Waals surface area contributed by atoms with Crippen LogP contribution in [0.2, 0.25) is 0 Å². The molecule has 22 heavy (non-hydrogen) atoms. The van der Waals surface area contributed by atoms with Crippen molar-refractivity contribution in [2.75, 3.05) is 33.7 Å². The summed E-state index contributed by atoms with van der Waals surface area (Å²) in [6, 6.07) is -0.863. The molecule has 1 fully saturated rings. The first-order valence-electron chi connectivity index (χ1n) is 7.80. The van der Waals surface area contributed by atoms with E-state index in [0.717, 1.165) is 19.4 Å². The molecule has 2 N–H and O–H groups in total. The van der Waals surface area contributed by atoms with Crippen LogP contribution in [0.1, 0.15) is 32.6 Å². The highest BCUT2D eigenvalue weighted by Gasteiger charge is 2.35. The molecule has 1 aliphatic heterocycles. The summed E-state index contributed by atoms with van der Waals surface area (Å²) in [4.78, 5) is 38.9. The van der Waals surface area contributed by atoms with Crippen molar-refractivity contribution in [2.45, 2.75) is 38.6 Å². The van der Waals surface area contributed by atoms with E-state index in [1.165, 1.54) is 0 Å². The Morgan fingerprint density at radius 3 is 2.68 bits per heavy atom. The fourth-order valence-corrected chi connectivity index (χ4v) is 2.44. The Labute approximate surface area is 131 Å². The third-order valence-electron chi connectivity index (χ3n) is 3.86. The highest BCUT2D eigenvalue weighted by Crippen LogP contribution is 2.18. The van der Waals surface area contributed by atoms with Gasteiger partial charge in [-0.05, 0) is 20.5 Å². The van der Waals surface area contributed by atoms with Gasteiger partial charge in [-0.25, -0.2) is 4.79 Å². The van der Waals surface area contributed by atoms with Gasteiger partial charge in [-0.15, -0.1) is 0 Å². The van der Waals surface area contributed by atoms with Crippen LogP contribution in [0.15, 0.2) is 0 Å². The lowest BCUT2D eigenvalue weighted by Crippen LogP contribution is -2.44. The van der Waals surface area contributed by atoms with Gasteiger partial charge >= 0.3 is 5.97 Å². The number of carbonyl (C=O) groups excluding carboxylic acids is 2. The SMILES string of the molecule is CCCC[C@H](NC(=O)C1CC(=O)N(CCN(C)C)C1)C(=O)O. The molecule has 0 spiro atoms. The van der Waals surface area contributed by atoms with Crippen LogP contribution in [-0.2, 0) is 14.4 Å². The van der Waals surface area contributed by atoms with Crippen LogP contribution < -0.4 is 5.32 Å². The van der Waals surface area contributed by atoms with E-state index in [2.05, 4.69) is 5.32 Å². The second-order valence-electron chi connectivity index (χ2n) is 6.09. The monoisotopic (exact) mass is 313 g/mol. The molecule has 1 rings (SSSR count). The summed E-state index contributed by atoms with van der Waals surface area (Å²) in [5.74, 6) is -1.83. The zero-order valence-corrected chi connectivity index (χ0v) is 13.7. The first-order chi connectivity index (χ1) is 10.3. The third kappa shape index (κ3) is 5.63. The predicted octanol–water partition coefficient (Wildman–Crippen LogP) is 0.156. The molecule has 7 nitrogen and oxygen atoms in total. The van der Waals surface area contributed by atoms with E-state index in [9.17, 15) is 14.4 Å². The minimum Gasteiger partial charge on any atom is -0.480 e. The molecule has 2 amide bonds. The fourth-order valence-electron chi connectivity index (χ4n) is 2.44. The van der Waals surface area contributed by atoms with Gasteiger partial charge in [0.15, 0.2) is 0 Å². The number of unbranched alkanes of at least 4 members (excludes halogenated alkanes) is 1. The lowest BCUT2D eigenvalue weighted by Gasteiger charge is -2.20. The molecule has 0 aromatic rings. The van der Waals surface area contributed by atoms with Gasteiger partial charge in [-0.1, -0.05) is 19.8 Å². The minimum atomic E-state index is -1.02.